The number of benzene rings is 1. The first-order valence-corrected chi connectivity index (χ1v) is 5.39. The van der Waals surface area contributed by atoms with Gasteiger partial charge in [0.1, 0.15) is 5.69 Å². The van der Waals surface area contributed by atoms with E-state index in [1.165, 1.54) is 18.0 Å². The van der Waals surface area contributed by atoms with Crippen LogP contribution in [0.15, 0.2) is 24.3 Å². The minimum atomic E-state index is -0.383. The van der Waals surface area contributed by atoms with E-state index in [2.05, 4.69) is 4.72 Å². The van der Waals surface area contributed by atoms with Crippen molar-refractivity contribution in [3.63, 3.8) is 0 Å². The van der Waals surface area contributed by atoms with Gasteiger partial charge in [-0.2, -0.15) is 0 Å². The van der Waals surface area contributed by atoms with Crippen molar-refractivity contribution in [1.82, 2.24) is 0 Å². The highest BCUT2D eigenvalue weighted by atomic mass is 32.2. The summed E-state index contributed by atoms with van der Waals surface area (Å²) in [7, 11) is 0. The van der Waals surface area contributed by atoms with Crippen LogP contribution in [0.5, 0.6) is 0 Å². The van der Waals surface area contributed by atoms with E-state index >= 15 is 0 Å². The second-order valence-corrected chi connectivity index (χ2v) is 5.72. The minimum absolute atomic E-state index is 0.0176. The lowest BCUT2D eigenvalue weighted by Crippen LogP contribution is -2.11. The van der Waals surface area contributed by atoms with Crippen molar-refractivity contribution in [2.24, 2.45) is 0 Å². The molecule has 0 spiro atoms. The van der Waals surface area contributed by atoms with Gasteiger partial charge in [-0.25, -0.2) is 0 Å². The summed E-state index contributed by atoms with van der Waals surface area (Å²) in [5.41, 5.74) is 0.650. The Morgan fingerprint density at radius 1 is 1.33 bits per heavy atom. The van der Waals surface area contributed by atoms with Crippen LogP contribution >= 0.6 is 11.9 Å². The molecule has 0 aliphatic heterocycles. The fourth-order valence-corrected chi connectivity index (χ4v) is 1.52. The van der Waals surface area contributed by atoms with Crippen molar-refractivity contribution in [3.8, 4) is 0 Å². The molecular weight excluding hydrogens is 212 g/mol. The van der Waals surface area contributed by atoms with E-state index in [1.54, 1.807) is 18.2 Å². The van der Waals surface area contributed by atoms with Crippen molar-refractivity contribution in [2.75, 3.05) is 4.72 Å². The van der Waals surface area contributed by atoms with Gasteiger partial charge in [-0.05, 0) is 38.8 Å². The van der Waals surface area contributed by atoms with Gasteiger partial charge in [0.25, 0.3) is 5.69 Å². The Balaban J connectivity index is 2.81. The van der Waals surface area contributed by atoms with Gasteiger partial charge in [0.15, 0.2) is 0 Å². The molecule has 4 nitrogen and oxygen atoms in total. The van der Waals surface area contributed by atoms with Crippen molar-refractivity contribution in [3.05, 3.63) is 34.4 Å². The largest absolute Gasteiger partial charge is 0.324 e. The summed E-state index contributed by atoms with van der Waals surface area (Å²) in [5.74, 6) is 0. The van der Waals surface area contributed by atoms with Gasteiger partial charge in [0, 0.05) is 10.8 Å². The molecule has 0 aliphatic rings. The molecule has 0 amide bonds. The van der Waals surface area contributed by atoms with Crippen LogP contribution in [0.1, 0.15) is 20.8 Å². The second kappa shape index (κ2) is 4.53. The normalized spacial score (nSPS) is 11.1. The minimum Gasteiger partial charge on any atom is -0.324 e. The van der Waals surface area contributed by atoms with Crippen LogP contribution in [0, 0.1) is 10.1 Å². The molecule has 0 radical (unpaired) electrons. The van der Waals surface area contributed by atoms with E-state index in [4.69, 9.17) is 0 Å². The van der Waals surface area contributed by atoms with Gasteiger partial charge >= 0.3 is 0 Å². The van der Waals surface area contributed by atoms with Gasteiger partial charge in [-0.15, -0.1) is 0 Å². The molecule has 1 aromatic carbocycles. The third-order valence-corrected chi connectivity index (χ3v) is 2.50. The molecule has 0 bridgehead atoms. The maximum Gasteiger partial charge on any atom is 0.293 e. The number of nitro benzene ring substituents is 1. The molecule has 0 saturated carbocycles. The van der Waals surface area contributed by atoms with Crippen molar-refractivity contribution < 1.29 is 4.92 Å². The zero-order chi connectivity index (χ0) is 11.5. The fraction of sp³-hybridized carbons (Fsp3) is 0.400. The van der Waals surface area contributed by atoms with E-state index < -0.39 is 0 Å². The van der Waals surface area contributed by atoms with Crippen molar-refractivity contribution in [2.45, 2.75) is 25.5 Å². The number of para-hydroxylation sites is 2. The monoisotopic (exact) mass is 226 g/mol. The predicted molar refractivity (Wildman–Crippen MR) is 64.1 cm³/mol. The summed E-state index contributed by atoms with van der Waals surface area (Å²) in [4.78, 5) is 10.3. The van der Waals surface area contributed by atoms with Gasteiger partial charge in [-0.3, -0.25) is 10.1 Å². The SMILES string of the molecule is CC(C)(C)SNc1ccccc1[N+](=O)[O-]. The van der Waals surface area contributed by atoms with E-state index in [9.17, 15) is 10.1 Å². The average molecular weight is 226 g/mol. The number of hydrogen-bond donors (Lipinski definition) is 1. The maximum absolute atomic E-state index is 10.7. The Labute approximate surface area is 93.4 Å². The first-order valence-electron chi connectivity index (χ1n) is 4.57. The highest BCUT2D eigenvalue weighted by molar-refractivity contribution is 8.01. The number of anilines is 1. The smallest absolute Gasteiger partial charge is 0.293 e. The maximum atomic E-state index is 10.7. The number of nitro groups is 1. The summed E-state index contributed by atoms with van der Waals surface area (Å²) in [6.45, 7) is 6.12. The van der Waals surface area contributed by atoms with Crippen LogP contribution in [0.3, 0.4) is 0 Å². The number of rotatable bonds is 3. The molecule has 15 heavy (non-hydrogen) atoms. The van der Waals surface area contributed by atoms with Crippen LogP contribution in [0.4, 0.5) is 11.4 Å². The van der Waals surface area contributed by atoms with Gasteiger partial charge in [0.05, 0.1) is 4.92 Å². The molecule has 0 heterocycles. The molecule has 5 heteroatoms. The quantitative estimate of drug-likeness (QED) is 0.487. The molecule has 1 N–H and O–H groups in total. The number of hydrogen-bond acceptors (Lipinski definition) is 4. The zero-order valence-corrected chi connectivity index (χ0v) is 9.80. The molecule has 0 aromatic heterocycles. The van der Waals surface area contributed by atoms with Crippen LogP contribution in [-0.2, 0) is 0 Å². The van der Waals surface area contributed by atoms with E-state index in [1.807, 2.05) is 20.8 Å². The second-order valence-electron chi connectivity index (χ2n) is 4.09. The highest BCUT2D eigenvalue weighted by Gasteiger charge is 2.16. The van der Waals surface area contributed by atoms with Crippen molar-refractivity contribution >= 4 is 23.3 Å². The molecule has 82 valence electrons. The fourth-order valence-electron chi connectivity index (χ4n) is 0.927. The zero-order valence-electron chi connectivity index (χ0n) is 8.98. The molecule has 1 rings (SSSR count). The third-order valence-electron chi connectivity index (χ3n) is 1.57. The Bertz CT molecular complexity index is 361. The van der Waals surface area contributed by atoms with E-state index in [-0.39, 0.29) is 15.4 Å². The van der Waals surface area contributed by atoms with Gasteiger partial charge in [0.2, 0.25) is 0 Å². The van der Waals surface area contributed by atoms with Crippen LogP contribution in [0.2, 0.25) is 0 Å². The van der Waals surface area contributed by atoms with Crippen molar-refractivity contribution in [1.29, 1.82) is 0 Å². The molecule has 0 atom stereocenters. The topological polar surface area (TPSA) is 55.2 Å². The molecule has 1 aromatic rings. The summed E-state index contributed by atoms with van der Waals surface area (Å²) in [5, 5.41) is 10.7. The summed E-state index contributed by atoms with van der Waals surface area (Å²) in [6, 6.07) is 6.63. The molecule has 0 fully saturated rings. The van der Waals surface area contributed by atoms with E-state index in [0.29, 0.717) is 5.69 Å². The van der Waals surface area contributed by atoms with Crippen LogP contribution in [-0.4, -0.2) is 9.67 Å². The first-order chi connectivity index (χ1) is 6.90. The number of nitrogens with zero attached hydrogens (tertiary/aromatic N) is 1. The lowest BCUT2D eigenvalue weighted by molar-refractivity contribution is -0.383. The Hall–Kier alpha value is -1.23. The lowest BCUT2D eigenvalue weighted by atomic mass is 10.3. The molecule has 0 saturated heterocycles. The van der Waals surface area contributed by atoms with Gasteiger partial charge in [-0.1, -0.05) is 12.1 Å². The highest BCUT2D eigenvalue weighted by Crippen LogP contribution is 2.30. The summed E-state index contributed by atoms with van der Waals surface area (Å²) in [6.07, 6.45) is 0. The lowest BCUT2D eigenvalue weighted by Gasteiger charge is -2.18. The Morgan fingerprint density at radius 3 is 2.47 bits per heavy atom. The number of nitrogens with one attached hydrogen (secondary N) is 1. The standard InChI is InChI=1S/C10H14N2O2S/c1-10(2,3)15-11-8-6-4-5-7-9(8)12(13)14/h4-7,11H,1-3H3. The summed E-state index contributed by atoms with van der Waals surface area (Å²) >= 11 is 1.46. The van der Waals surface area contributed by atoms with Crippen LogP contribution in [0.25, 0.3) is 0 Å². The Kier molecular flexibility index (Phi) is 3.57. The third kappa shape index (κ3) is 3.79. The Morgan fingerprint density at radius 2 is 1.93 bits per heavy atom. The molecular formula is C10H14N2O2S. The molecule has 0 aliphatic carbocycles. The first kappa shape index (κ1) is 11.8. The average Bonchev–Trinajstić information content (AvgIpc) is 2.14. The van der Waals surface area contributed by atoms with E-state index in [0.717, 1.165) is 0 Å². The predicted octanol–water partition coefficient (Wildman–Crippen LogP) is 3.45. The molecule has 0 unspecified atom stereocenters. The van der Waals surface area contributed by atoms with Crippen LogP contribution < -0.4 is 4.72 Å². The van der Waals surface area contributed by atoms with Gasteiger partial charge < -0.3 is 4.72 Å². The summed E-state index contributed by atoms with van der Waals surface area (Å²) < 4.78 is 3.03.